The van der Waals surface area contributed by atoms with Crippen LogP contribution in [0.2, 0.25) is 0 Å². The molecule has 0 spiro atoms. The standard InChI is InChI=1S/C20H19I4N3O6/c1-32-20(31)15(27-17(29)8-26-16(28)7-25)4-9-2-13(23)19(14(24)3-9)33-10-5-11(21)18(30)12(22)6-10/h2-3,5-6,15,30H,4,7-8,25H2,1H3,(H,26,28)(H,27,29). The molecule has 0 bridgehead atoms. The number of ether oxygens (including phenoxy) is 2. The molecule has 2 aromatic carbocycles. The molecular weight excluding hydrogens is 886 g/mol. The summed E-state index contributed by atoms with van der Waals surface area (Å²) in [4.78, 5) is 35.6. The van der Waals surface area contributed by atoms with Gasteiger partial charge in [0.2, 0.25) is 11.8 Å². The van der Waals surface area contributed by atoms with Gasteiger partial charge in [0, 0.05) is 6.42 Å². The first-order valence-electron chi connectivity index (χ1n) is 9.23. The van der Waals surface area contributed by atoms with Crippen molar-refractivity contribution in [2.24, 2.45) is 5.73 Å². The van der Waals surface area contributed by atoms with Crippen molar-refractivity contribution in [3.63, 3.8) is 0 Å². The van der Waals surface area contributed by atoms with Crippen molar-refractivity contribution in [1.82, 2.24) is 10.6 Å². The molecule has 0 aliphatic heterocycles. The van der Waals surface area contributed by atoms with Crippen LogP contribution in [0.15, 0.2) is 24.3 Å². The number of phenolic OH excluding ortho intramolecular Hbond substituents is 1. The fourth-order valence-electron chi connectivity index (χ4n) is 2.61. The van der Waals surface area contributed by atoms with E-state index in [4.69, 9.17) is 15.2 Å². The lowest BCUT2D eigenvalue weighted by Gasteiger charge is -2.18. The fourth-order valence-corrected chi connectivity index (χ4v) is 6.44. The second kappa shape index (κ2) is 13.4. The van der Waals surface area contributed by atoms with Crippen molar-refractivity contribution in [3.05, 3.63) is 44.1 Å². The number of nitrogens with two attached hydrogens (primary N) is 1. The summed E-state index contributed by atoms with van der Waals surface area (Å²) >= 11 is 8.36. The summed E-state index contributed by atoms with van der Waals surface area (Å²) in [6.07, 6.45) is 0.185. The highest BCUT2D eigenvalue weighted by Gasteiger charge is 2.23. The second-order valence-corrected chi connectivity index (χ2v) is 11.2. The van der Waals surface area contributed by atoms with Gasteiger partial charge in [-0.15, -0.1) is 0 Å². The van der Waals surface area contributed by atoms with Gasteiger partial charge in [-0.3, -0.25) is 9.59 Å². The van der Waals surface area contributed by atoms with Crippen LogP contribution in [0.3, 0.4) is 0 Å². The molecule has 13 heteroatoms. The number of methoxy groups -OCH3 is 1. The number of hydrogen-bond acceptors (Lipinski definition) is 7. The summed E-state index contributed by atoms with van der Waals surface area (Å²) in [5.74, 6) is -0.177. The monoisotopic (exact) mass is 905 g/mol. The Labute approximate surface area is 244 Å². The molecule has 5 N–H and O–H groups in total. The molecule has 33 heavy (non-hydrogen) atoms. The maximum absolute atomic E-state index is 12.2. The molecule has 0 heterocycles. The molecule has 9 nitrogen and oxygen atoms in total. The first-order chi connectivity index (χ1) is 15.5. The Morgan fingerprint density at radius 3 is 2.09 bits per heavy atom. The van der Waals surface area contributed by atoms with Gasteiger partial charge in [-0.1, -0.05) is 0 Å². The highest BCUT2D eigenvalue weighted by atomic mass is 127. The number of benzene rings is 2. The molecule has 2 aromatic rings. The van der Waals surface area contributed by atoms with E-state index in [1.165, 1.54) is 7.11 Å². The summed E-state index contributed by atoms with van der Waals surface area (Å²) in [6, 6.07) is 6.25. The van der Waals surface area contributed by atoms with Gasteiger partial charge in [-0.25, -0.2) is 4.79 Å². The Morgan fingerprint density at radius 2 is 1.58 bits per heavy atom. The van der Waals surface area contributed by atoms with Gasteiger partial charge in [0.15, 0.2) is 5.75 Å². The van der Waals surface area contributed by atoms with Gasteiger partial charge >= 0.3 is 5.97 Å². The van der Waals surface area contributed by atoms with E-state index in [1.807, 2.05) is 57.3 Å². The molecule has 178 valence electrons. The summed E-state index contributed by atoms with van der Waals surface area (Å²) in [5, 5.41) is 14.9. The van der Waals surface area contributed by atoms with E-state index in [0.29, 0.717) is 18.6 Å². The van der Waals surface area contributed by atoms with E-state index < -0.39 is 23.8 Å². The molecule has 2 amide bonds. The Bertz CT molecular complexity index is 1020. The molecule has 1 atom stereocenters. The maximum atomic E-state index is 12.2. The summed E-state index contributed by atoms with van der Waals surface area (Å²) in [6.45, 7) is -0.531. The highest BCUT2D eigenvalue weighted by Crippen LogP contribution is 2.37. The van der Waals surface area contributed by atoms with E-state index >= 15 is 0 Å². The zero-order valence-electron chi connectivity index (χ0n) is 17.1. The molecule has 0 radical (unpaired) electrons. The molecule has 0 aromatic heterocycles. The first-order valence-corrected chi connectivity index (χ1v) is 13.5. The molecule has 0 aliphatic rings. The number of carbonyl (C=O) groups is 3. The molecule has 0 aliphatic carbocycles. The van der Waals surface area contributed by atoms with Crippen LogP contribution in [0.25, 0.3) is 0 Å². The third-order valence-corrected chi connectivity index (χ3v) is 7.41. The quantitative estimate of drug-likeness (QED) is 0.225. The van der Waals surface area contributed by atoms with Crippen molar-refractivity contribution in [1.29, 1.82) is 0 Å². The number of nitrogens with one attached hydrogen (secondary N) is 2. The van der Waals surface area contributed by atoms with Crippen molar-refractivity contribution in [3.8, 4) is 17.2 Å². The Kier molecular flexibility index (Phi) is 11.6. The fraction of sp³-hybridized carbons (Fsp3) is 0.250. The molecule has 0 saturated carbocycles. The average Bonchev–Trinajstić information content (AvgIpc) is 2.77. The van der Waals surface area contributed by atoms with Crippen LogP contribution in [0, 0.1) is 14.3 Å². The minimum Gasteiger partial charge on any atom is -0.506 e. The number of amides is 2. The number of rotatable bonds is 9. The van der Waals surface area contributed by atoms with Gasteiger partial charge in [-0.2, -0.15) is 0 Å². The third kappa shape index (κ3) is 8.49. The van der Waals surface area contributed by atoms with E-state index in [-0.39, 0.29) is 25.3 Å². The number of aromatic hydroxyl groups is 1. The van der Waals surface area contributed by atoms with Crippen molar-refractivity contribution in [2.75, 3.05) is 20.2 Å². The van der Waals surface area contributed by atoms with E-state index in [0.717, 1.165) is 12.7 Å². The van der Waals surface area contributed by atoms with E-state index in [2.05, 4.69) is 55.8 Å². The first kappa shape index (κ1) is 28.6. The number of phenols is 1. The lowest BCUT2D eigenvalue weighted by Crippen LogP contribution is -2.47. The number of hydrogen-bond donors (Lipinski definition) is 4. The van der Waals surface area contributed by atoms with Gasteiger partial charge in [-0.05, 0) is 120 Å². The number of esters is 1. The zero-order chi connectivity index (χ0) is 24.7. The van der Waals surface area contributed by atoms with Gasteiger partial charge in [0.1, 0.15) is 17.5 Å². The second-order valence-electron chi connectivity index (χ2n) is 6.55. The van der Waals surface area contributed by atoms with Crippen LogP contribution in [0.5, 0.6) is 17.2 Å². The molecule has 2 rings (SSSR count). The van der Waals surface area contributed by atoms with Crippen molar-refractivity contribution >= 4 is 108 Å². The van der Waals surface area contributed by atoms with Crippen LogP contribution >= 0.6 is 90.4 Å². The van der Waals surface area contributed by atoms with Crippen LogP contribution in [0.1, 0.15) is 5.56 Å². The predicted molar refractivity (Wildman–Crippen MR) is 155 cm³/mol. The Morgan fingerprint density at radius 1 is 1.00 bits per heavy atom. The van der Waals surface area contributed by atoms with E-state index in [9.17, 15) is 19.5 Å². The third-order valence-electron chi connectivity index (χ3n) is 4.16. The molecule has 1 unspecified atom stereocenters. The minimum absolute atomic E-state index is 0.185. The smallest absolute Gasteiger partial charge is 0.328 e. The average molecular weight is 905 g/mol. The summed E-state index contributed by atoms with van der Waals surface area (Å²) in [5.41, 5.74) is 5.99. The SMILES string of the molecule is COC(=O)C(Cc1cc(I)c(Oc2cc(I)c(O)c(I)c2)c(I)c1)NC(=O)CNC(=O)CN. The highest BCUT2D eigenvalue weighted by molar-refractivity contribution is 14.1. The Hall–Kier alpha value is -0.670. The van der Waals surface area contributed by atoms with Crippen LogP contribution in [-0.4, -0.2) is 49.1 Å². The topological polar surface area (TPSA) is 140 Å². The van der Waals surface area contributed by atoms with Crippen LogP contribution in [0.4, 0.5) is 0 Å². The summed E-state index contributed by atoms with van der Waals surface area (Å²) in [7, 11) is 1.24. The number of carbonyl (C=O) groups excluding carboxylic acids is 3. The van der Waals surface area contributed by atoms with Crippen molar-refractivity contribution in [2.45, 2.75) is 12.5 Å². The zero-order valence-corrected chi connectivity index (χ0v) is 25.7. The van der Waals surface area contributed by atoms with Crippen molar-refractivity contribution < 1.29 is 29.0 Å². The molecule has 0 saturated heterocycles. The van der Waals surface area contributed by atoms with Crippen LogP contribution in [-0.2, 0) is 25.5 Å². The van der Waals surface area contributed by atoms with Gasteiger partial charge in [0.25, 0.3) is 0 Å². The largest absolute Gasteiger partial charge is 0.506 e. The summed E-state index contributed by atoms with van der Waals surface area (Å²) < 4.78 is 13.8. The lowest BCUT2D eigenvalue weighted by atomic mass is 10.1. The van der Waals surface area contributed by atoms with Gasteiger partial charge in [0.05, 0.1) is 34.5 Å². The van der Waals surface area contributed by atoms with Gasteiger partial charge < -0.3 is 30.9 Å². The lowest BCUT2D eigenvalue weighted by molar-refractivity contribution is -0.145. The number of halogens is 4. The van der Waals surface area contributed by atoms with Crippen LogP contribution < -0.4 is 21.1 Å². The maximum Gasteiger partial charge on any atom is 0.328 e. The predicted octanol–water partition coefficient (Wildman–Crippen LogP) is 2.88. The Balaban J connectivity index is 2.19. The normalized spacial score (nSPS) is 11.5. The molecular formula is C20H19I4N3O6. The molecule has 0 fully saturated rings. The van der Waals surface area contributed by atoms with E-state index in [1.54, 1.807) is 12.1 Å². The minimum atomic E-state index is -0.934.